The van der Waals surface area contributed by atoms with E-state index in [-0.39, 0.29) is 54.3 Å². The van der Waals surface area contributed by atoms with Crippen molar-refractivity contribution in [3.63, 3.8) is 0 Å². The van der Waals surface area contributed by atoms with E-state index in [0.29, 0.717) is 18.4 Å². The Balaban J connectivity index is 2.09. The Morgan fingerprint density at radius 2 is 1.90 bits per heavy atom. The summed E-state index contributed by atoms with van der Waals surface area (Å²) in [5, 5.41) is 20.1. The van der Waals surface area contributed by atoms with Gasteiger partial charge < -0.3 is 10.2 Å². The number of aromatic hydroxyl groups is 1. The lowest BCUT2D eigenvalue weighted by Gasteiger charge is -2.42. The molecule has 2 aliphatic rings. The second kappa shape index (κ2) is 8.42. The van der Waals surface area contributed by atoms with Crippen molar-refractivity contribution < 1.29 is 29.4 Å². The first kappa shape index (κ1) is 22.3. The quantitative estimate of drug-likeness (QED) is 0.693. The Bertz CT molecular complexity index is 913. The van der Waals surface area contributed by atoms with Crippen LogP contribution in [0.25, 0.3) is 0 Å². The molecule has 4 atom stereocenters. The molecule has 1 saturated carbocycles. The fraction of sp³-hybridized carbons (Fsp3) is 0.583. The van der Waals surface area contributed by atoms with E-state index in [4.69, 9.17) is 0 Å². The second-order valence-corrected chi connectivity index (χ2v) is 9.18. The van der Waals surface area contributed by atoms with Gasteiger partial charge in [-0.15, -0.1) is 0 Å². The van der Waals surface area contributed by atoms with Crippen molar-refractivity contribution in [1.29, 1.82) is 0 Å². The Hall–Kier alpha value is -2.34. The zero-order valence-electron chi connectivity index (χ0n) is 18.0. The number of ketones is 4. The molecule has 1 aromatic rings. The minimum atomic E-state index is -1.05. The second-order valence-electron chi connectivity index (χ2n) is 9.18. The number of Topliss-reactive ketones (excluding diaryl/α,β-unsaturated/α-hetero) is 4. The van der Waals surface area contributed by atoms with Crippen molar-refractivity contribution in [2.75, 3.05) is 6.61 Å². The van der Waals surface area contributed by atoms with E-state index < -0.39 is 29.2 Å². The van der Waals surface area contributed by atoms with Gasteiger partial charge in [-0.1, -0.05) is 19.9 Å². The van der Waals surface area contributed by atoms with Crippen molar-refractivity contribution in [1.82, 2.24) is 0 Å². The van der Waals surface area contributed by atoms with Gasteiger partial charge in [-0.05, 0) is 67.6 Å². The Morgan fingerprint density at radius 3 is 2.47 bits per heavy atom. The van der Waals surface area contributed by atoms with Crippen molar-refractivity contribution in [3.05, 3.63) is 28.3 Å². The maximum Gasteiger partial charge on any atom is 0.177 e. The number of rotatable bonds is 6. The molecule has 0 spiro atoms. The molecule has 0 saturated heterocycles. The first-order valence-corrected chi connectivity index (χ1v) is 10.6. The van der Waals surface area contributed by atoms with Gasteiger partial charge in [0, 0.05) is 6.61 Å². The molecule has 1 fully saturated rings. The molecule has 30 heavy (non-hydrogen) atoms. The van der Waals surface area contributed by atoms with Crippen molar-refractivity contribution in [2.45, 2.75) is 59.3 Å². The molecule has 2 N–H and O–H groups in total. The van der Waals surface area contributed by atoms with E-state index in [2.05, 4.69) is 0 Å². The van der Waals surface area contributed by atoms with E-state index >= 15 is 0 Å². The zero-order chi connectivity index (χ0) is 22.3. The number of phenols is 1. The zero-order valence-corrected chi connectivity index (χ0v) is 18.0. The van der Waals surface area contributed by atoms with Crippen LogP contribution < -0.4 is 0 Å². The summed E-state index contributed by atoms with van der Waals surface area (Å²) in [5.41, 5.74) is 2.60. The predicted molar refractivity (Wildman–Crippen MR) is 111 cm³/mol. The number of fused-ring (bicyclic) bond motifs is 2. The first-order valence-electron chi connectivity index (χ1n) is 10.6. The minimum Gasteiger partial charge on any atom is -0.507 e. The molecule has 6 nitrogen and oxygen atoms in total. The van der Waals surface area contributed by atoms with Crippen molar-refractivity contribution in [2.24, 2.45) is 23.7 Å². The van der Waals surface area contributed by atoms with Crippen LogP contribution >= 0.6 is 0 Å². The summed E-state index contributed by atoms with van der Waals surface area (Å²) in [6.45, 7) is 6.92. The molecule has 1 aromatic carbocycles. The van der Waals surface area contributed by atoms with Crippen LogP contribution in [-0.4, -0.2) is 40.0 Å². The van der Waals surface area contributed by atoms with E-state index in [1.54, 1.807) is 6.92 Å². The van der Waals surface area contributed by atoms with Crippen molar-refractivity contribution >= 4 is 23.1 Å². The summed E-state index contributed by atoms with van der Waals surface area (Å²) in [5.74, 6) is -4.30. The summed E-state index contributed by atoms with van der Waals surface area (Å²) in [4.78, 5) is 51.0. The topological polar surface area (TPSA) is 109 Å². The van der Waals surface area contributed by atoms with Crippen LogP contribution in [0, 0.1) is 30.6 Å². The average Bonchev–Trinajstić information content (AvgIpc) is 2.63. The molecule has 4 unspecified atom stereocenters. The number of phenolic OH excluding ortho intramolecular Hbond substituents is 1. The average molecular weight is 414 g/mol. The largest absolute Gasteiger partial charge is 0.507 e. The lowest BCUT2D eigenvalue weighted by Crippen LogP contribution is -2.50. The third kappa shape index (κ3) is 3.73. The van der Waals surface area contributed by atoms with Crippen LogP contribution in [0.15, 0.2) is 6.07 Å². The van der Waals surface area contributed by atoms with Gasteiger partial charge in [0.05, 0.1) is 23.8 Å². The fourth-order valence-electron chi connectivity index (χ4n) is 5.38. The van der Waals surface area contributed by atoms with Gasteiger partial charge in [-0.2, -0.15) is 0 Å². The first-order chi connectivity index (χ1) is 14.1. The van der Waals surface area contributed by atoms with Gasteiger partial charge in [0.1, 0.15) is 11.5 Å². The predicted octanol–water partition coefficient (Wildman–Crippen LogP) is 2.93. The van der Waals surface area contributed by atoms with Gasteiger partial charge in [0.2, 0.25) is 0 Å². The van der Waals surface area contributed by atoms with Gasteiger partial charge >= 0.3 is 0 Å². The molecule has 3 rings (SSSR count). The van der Waals surface area contributed by atoms with Gasteiger partial charge in [-0.3, -0.25) is 19.2 Å². The Kier molecular flexibility index (Phi) is 6.27. The number of aryl methyl sites for hydroxylation is 1. The number of aliphatic hydroxyl groups excluding tert-OH is 1. The highest BCUT2D eigenvalue weighted by molar-refractivity contribution is 6.20. The molecule has 2 aliphatic carbocycles. The van der Waals surface area contributed by atoms with E-state index in [9.17, 15) is 29.4 Å². The van der Waals surface area contributed by atoms with Crippen LogP contribution in [-0.2, 0) is 20.8 Å². The molecular formula is C24H30O6. The summed E-state index contributed by atoms with van der Waals surface area (Å²) >= 11 is 0. The highest BCUT2D eigenvalue weighted by Gasteiger charge is 2.52. The minimum absolute atomic E-state index is 0.0882. The van der Waals surface area contributed by atoms with Crippen LogP contribution in [0.3, 0.4) is 0 Å². The molecule has 162 valence electrons. The lowest BCUT2D eigenvalue weighted by atomic mass is 9.58. The highest BCUT2D eigenvalue weighted by Crippen LogP contribution is 2.48. The molecule has 0 aliphatic heterocycles. The molecule has 0 aromatic heterocycles. The summed E-state index contributed by atoms with van der Waals surface area (Å²) in [6, 6.07) is 1.90. The number of hydrogen-bond donors (Lipinski definition) is 2. The van der Waals surface area contributed by atoms with Crippen LogP contribution in [0.1, 0.15) is 73.0 Å². The summed E-state index contributed by atoms with van der Waals surface area (Å²) in [6.07, 6.45) is 0.875. The van der Waals surface area contributed by atoms with Crippen LogP contribution in [0.5, 0.6) is 5.75 Å². The monoisotopic (exact) mass is 414 g/mol. The van der Waals surface area contributed by atoms with Crippen molar-refractivity contribution in [3.8, 4) is 5.75 Å². The third-order valence-electron chi connectivity index (χ3n) is 6.68. The standard InChI is InChI=1S/C24H30O6/c1-11(2)16-7-12(3)22(28)21-17(16)10-15-9-14(5-6-25)19(18(27)8-13(4)26)23(29)20(15)24(21)30/h7,11,14-15,19-20,25,28H,5-6,8-10H2,1-4H3. The lowest BCUT2D eigenvalue weighted by molar-refractivity contribution is -0.142. The molecule has 0 amide bonds. The molecule has 0 bridgehead atoms. The number of carbonyl (C=O) groups is 4. The smallest absolute Gasteiger partial charge is 0.177 e. The molecule has 0 radical (unpaired) electrons. The van der Waals surface area contributed by atoms with Gasteiger partial charge in [0.25, 0.3) is 0 Å². The van der Waals surface area contributed by atoms with Gasteiger partial charge in [-0.25, -0.2) is 0 Å². The number of hydrogen-bond acceptors (Lipinski definition) is 6. The van der Waals surface area contributed by atoms with E-state index in [1.165, 1.54) is 6.92 Å². The summed E-state index contributed by atoms with van der Waals surface area (Å²) in [7, 11) is 0. The third-order valence-corrected chi connectivity index (χ3v) is 6.68. The number of aliphatic hydroxyl groups is 1. The highest BCUT2D eigenvalue weighted by atomic mass is 16.3. The number of benzene rings is 1. The Labute approximate surface area is 176 Å². The summed E-state index contributed by atoms with van der Waals surface area (Å²) < 4.78 is 0. The SMILES string of the molecule is CC(=O)CC(=O)C1C(=O)C2C(=O)c3c(O)c(C)cc(C(C)C)c3CC2CC1CCO. The van der Waals surface area contributed by atoms with Crippen LogP contribution in [0.4, 0.5) is 0 Å². The maximum absolute atomic E-state index is 13.5. The molecule has 0 heterocycles. The van der Waals surface area contributed by atoms with E-state index in [0.717, 1.165) is 11.1 Å². The normalized spacial score (nSPS) is 25.8. The number of carbonyl (C=O) groups excluding carboxylic acids is 4. The van der Waals surface area contributed by atoms with Gasteiger partial charge in [0.15, 0.2) is 17.3 Å². The molecule has 6 heteroatoms. The molecular weight excluding hydrogens is 384 g/mol. The Morgan fingerprint density at radius 1 is 1.23 bits per heavy atom. The maximum atomic E-state index is 13.5. The van der Waals surface area contributed by atoms with Crippen LogP contribution in [0.2, 0.25) is 0 Å². The van der Waals surface area contributed by atoms with E-state index in [1.807, 2.05) is 19.9 Å². The fourth-order valence-corrected chi connectivity index (χ4v) is 5.38.